The number of alkyl halides is 1. The van der Waals surface area contributed by atoms with Crippen molar-refractivity contribution in [3.8, 4) is 0 Å². The predicted molar refractivity (Wildman–Crippen MR) is 96.1 cm³/mol. The van der Waals surface area contributed by atoms with Crippen LogP contribution < -0.4 is 0 Å². The molecule has 0 spiro atoms. The van der Waals surface area contributed by atoms with E-state index in [1.807, 2.05) is 6.92 Å². The van der Waals surface area contributed by atoms with Crippen molar-refractivity contribution in [2.45, 2.75) is 33.2 Å². The Kier molecular flexibility index (Phi) is 6.33. The first-order chi connectivity index (χ1) is 10.0. The van der Waals surface area contributed by atoms with Crippen molar-refractivity contribution in [1.29, 1.82) is 0 Å². The molecule has 0 aliphatic heterocycles. The van der Waals surface area contributed by atoms with Crippen LogP contribution in [-0.4, -0.2) is 15.7 Å². The lowest BCUT2D eigenvalue weighted by Crippen LogP contribution is -2.14. The Labute approximate surface area is 148 Å². The predicted octanol–water partition coefficient (Wildman–Crippen LogP) is 5.38. The number of aromatic nitrogens is 2. The second kappa shape index (κ2) is 7.80. The van der Waals surface area contributed by atoms with Crippen LogP contribution in [0.2, 0.25) is 0 Å². The van der Waals surface area contributed by atoms with Crippen molar-refractivity contribution in [3.63, 3.8) is 0 Å². The Morgan fingerprint density at radius 2 is 1.86 bits per heavy atom. The summed E-state index contributed by atoms with van der Waals surface area (Å²) in [7, 11) is 0. The van der Waals surface area contributed by atoms with Crippen molar-refractivity contribution >= 4 is 43.5 Å². The third-order valence-electron chi connectivity index (χ3n) is 3.59. The Morgan fingerprint density at radius 1 is 1.19 bits per heavy atom. The minimum atomic E-state index is 0.408. The average Bonchev–Trinajstić information content (AvgIpc) is 2.76. The second-order valence-electron chi connectivity index (χ2n) is 5.22. The molecule has 2 aromatic rings. The van der Waals surface area contributed by atoms with Gasteiger partial charge in [0.15, 0.2) is 0 Å². The summed E-state index contributed by atoms with van der Waals surface area (Å²) in [6.07, 6.45) is 1.92. The van der Waals surface area contributed by atoms with E-state index in [4.69, 9.17) is 11.6 Å². The maximum absolute atomic E-state index is 6.20. The maximum atomic E-state index is 6.20. The van der Waals surface area contributed by atoms with Crippen molar-refractivity contribution in [1.82, 2.24) is 9.78 Å². The van der Waals surface area contributed by atoms with Crippen molar-refractivity contribution in [3.05, 3.63) is 50.2 Å². The molecule has 1 aromatic carbocycles. The number of hydrogen-bond acceptors (Lipinski definition) is 1. The van der Waals surface area contributed by atoms with Gasteiger partial charge in [0.25, 0.3) is 0 Å². The molecule has 0 bridgehead atoms. The number of rotatable bonds is 6. The first-order valence-corrected chi connectivity index (χ1v) is 9.19. The molecule has 21 heavy (non-hydrogen) atoms. The highest BCUT2D eigenvalue weighted by molar-refractivity contribution is 9.10. The number of halogens is 3. The molecule has 114 valence electrons. The molecule has 5 heteroatoms. The van der Waals surface area contributed by atoms with Crippen LogP contribution in [0.25, 0.3) is 0 Å². The van der Waals surface area contributed by atoms with Gasteiger partial charge in [-0.15, -0.1) is 11.6 Å². The Morgan fingerprint density at radius 3 is 2.43 bits per heavy atom. The fourth-order valence-corrected chi connectivity index (χ4v) is 3.40. The molecule has 1 unspecified atom stereocenters. The molecule has 2 rings (SSSR count). The summed E-state index contributed by atoms with van der Waals surface area (Å²) in [5.41, 5.74) is 3.61. The summed E-state index contributed by atoms with van der Waals surface area (Å²) < 4.78 is 4.30. The first kappa shape index (κ1) is 17.0. The molecule has 0 fully saturated rings. The molecular formula is C16H19Br2ClN2. The second-order valence-corrected chi connectivity index (χ2v) is 7.23. The van der Waals surface area contributed by atoms with Gasteiger partial charge in [-0.05, 0) is 66.2 Å². The van der Waals surface area contributed by atoms with E-state index in [2.05, 4.69) is 72.8 Å². The van der Waals surface area contributed by atoms with Crippen LogP contribution in [0.3, 0.4) is 0 Å². The summed E-state index contributed by atoms with van der Waals surface area (Å²) in [4.78, 5) is 0. The quantitative estimate of drug-likeness (QED) is 0.559. The average molecular weight is 435 g/mol. The summed E-state index contributed by atoms with van der Waals surface area (Å²) >= 11 is 13.3. The SMILES string of the molecule is CCn1nc(C)c(Br)c1CC(CCl)Cc1ccc(Br)cc1. The van der Waals surface area contributed by atoms with Crippen LogP contribution >= 0.6 is 43.5 Å². The minimum Gasteiger partial charge on any atom is -0.268 e. The standard InChI is InChI=1S/C16H19Br2ClN2/c1-3-21-15(16(18)11(2)20-21)9-13(10-19)8-12-4-6-14(17)7-5-12/h4-7,13H,3,8-10H2,1-2H3. The molecule has 2 nitrogen and oxygen atoms in total. The topological polar surface area (TPSA) is 17.8 Å². The largest absolute Gasteiger partial charge is 0.268 e. The first-order valence-electron chi connectivity index (χ1n) is 7.07. The summed E-state index contributed by atoms with van der Waals surface area (Å²) in [6.45, 7) is 5.03. The molecular weight excluding hydrogens is 415 g/mol. The van der Waals surface area contributed by atoms with Crippen molar-refractivity contribution in [2.24, 2.45) is 5.92 Å². The summed E-state index contributed by atoms with van der Waals surface area (Å²) in [5.74, 6) is 1.06. The van der Waals surface area contributed by atoms with E-state index in [1.165, 1.54) is 11.3 Å². The lowest BCUT2D eigenvalue weighted by molar-refractivity contribution is 0.530. The zero-order chi connectivity index (χ0) is 15.4. The smallest absolute Gasteiger partial charge is 0.0738 e. The normalized spacial score (nSPS) is 12.6. The molecule has 0 saturated heterocycles. The van der Waals surface area contributed by atoms with Crippen LogP contribution in [-0.2, 0) is 19.4 Å². The van der Waals surface area contributed by atoms with E-state index in [-0.39, 0.29) is 0 Å². The molecule has 1 heterocycles. The van der Waals surface area contributed by atoms with Gasteiger partial charge in [0.05, 0.1) is 15.9 Å². The number of aryl methyl sites for hydroxylation is 2. The number of hydrogen-bond donors (Lipinski definition) is 0. The highest BCUT2D eigenvalue weighted by atomic mass is 79.9. The third-order valence-corrected chi connectivity index (χ3v) is 5.59. The van der Waals surface area contributed by atoms with Crippen molar-refractivity contribution < 1.29 is 0 Å². The van der Waals surface area contributed by atoms with Gasteiger partial charge < -0.3 is 0 Å². The van der Waals surface area contributed by atoms with E-state index in [9.17, 15) is 0 Å². The fourth-order valence-electron chi connectivity index (χ4n) is 2.47. The maximum Gasteiger partial charge on any atom is 0.0738 e. The van der Waals surface area contributed by atoms with Crippen LogP contribution in [0.4, 0.5) is 0 Å². The number of benzene rings is 1. The molecule has 0 aliphatic carbocycles. The van der Waals surface area contributed by atoms with E-state index < -0.39 is 0 Å². The lowest BCUT2D eigenvalue weighted by Gasteiger charge is -2.15. The zero-order valence-corrected chi connectivity index (χ0v) is 16.2. The van der Waals surface area contributed by atoms with Gasteiger partial charge in [-0.3, -0.25) is 4.68 Å². The Balaban J connectivity index is 2.14. The van der Waals surface area contributed by atoms with Gasteiger partial charge in [-0.1, -0.05) is 28.1 Å². The van der Waals surface area contributed by atoms with Crippen LogP contribution in [0.1, 0.15) is 23.9 Å². The monoisotopic (exact) mass is 432 g/mol. The zero-order valence-electron chi connectivity index (χ0n) is 12.2. The molecule has 0 radical (unpaired) electrons. The van der Waals surface area contributed by atoms with E-state index in [0.717, 1.165) is 34.0 Å². The molecule has 0 N–H and O–H groups in total. The summed E-state index contributed by atoms with van der Waals surface area (Å²) in [5, 5.41) is 4.56. The minimum absolute atomic E-state index is 0.408. The Hall–Kier alpha value is -0.320. The van der Waals surface area contributed by atoms with Crippen LogP contribution in [0.5, 0.6) is 0 Å². The fraction of sp³-hybridized carbons (Fsp3) is 0.438. The van der Waals surface area contributed by atoms with Crippen LogP contribution in [0.15, 0.2) is 33.2 Å². The van der Waals surface area contributed by atoms with E-state index >= 15 is 0 Å². The molecule has 1 aromatic heterocycles. The van der Waals surface area contributed by atoms with Crippen molar-refractivity contribution in [2.75, 3.05) is 5.88 Å². The van der Waals surface area contributed by atoms with Crippen LogP contribution in [0, 0.1) is 12.8 Å². The van der Waals surface area contributed by atoms with Gasteiger partial charge in [-0.25, -0.2) is 0 Å². The molecule has 0 aliphatic rings. The molecule has 0 saturated carbocycles. The van der Waals surface area contributed by atoms with E-state index in [0.29, 0.717) is 11.8 Å². The Bertz CT molecular complexity index is 593. The number of nitrogens with zero attached hydrogens (tertiary/aromatic N) is 2. The van der Waals surface area contributed by atoms with Gasteiger partial charge >= 0.3 is 0 Å². The summed E-state index contributed by atoms with van der Waals surface area (Å²) in [6, 6.07) is 8.47. The van der Waals surface area contributed by atoms with Gasteiger partial charge in [0.1, 0.15) is 0 Å². The molecule has 0 amide bonds. The highest BCUT2D eigenvalue weighted by Gasteiger charge is 2.17. The highest BCUT2D eigenvalue weighted by Crippen LogP contribution is 2.26. The van der Waals surface area contributed by atoms with Gasteiger partial charge in [-0.2, -0.15) is 5.10 Å². The van der Waals surface area contributed by atoms with Gasteiger partial charge in [0.2, 0.25) is 0 Å². The molecule has 1 atom stereocenters. The van der Waals surface area contributed by atoms with Gasteiger partial charge in [0, 0.05) is 16.9 Å². The third kappa shape index (κ3) is 4.33. The van der Waals surface area contributed by atoms with E-state index in [1.54, 1.807) is 0 Å². The lowest BCUT2D eigenvalue weighted by atomic mass is 9.96.